The van der Waals surface area contributed by atoms with Gasteiger partial charge in [0, 0.05) is 11.5 Å². The van der Waals surface area contributed by atoms with E-state index in [2.05, 4.69) is 23.2 Å². The molecule has 120 valence electrons. The summed E-state index contributed by atoms with van der Waals surface area (Å²) in [5.74, 6) is 0. The lowest BCUT2D eigenvalue weighted by Crippen LogP contribution is -2.04. The molecule has 0 aliphatic heterocycles. The number of fused-ring (bicyclic) bond motifs is 1. The number of pyridine rings is 1. The zero-order valence-corrected chi connectivity index (χ0v) is 14.1. The van der Waals surface area contributed by atoms with Crippen molar-refractivity contribution in [2.45, 2.75) is 25.7 Å². The maximum absolute atomic E-state index is 10.8. The topological polar surface area (TPSA) is 71.3 Å². The molecule has 0 atom stereocenters. The van der Waals surface area contributed by atoms with E-state index in [0.717, 1.165) is 5.56 Å². The van der Waals surface area contributed by atoms with Crippen molar-refractivity contribution >= 4 is 20.9 Å². The van der Waals surface area contributed by atoms with Crippen molar-refractivity contribution in [2.24, 2.45) is 0 Å². The van der Waals surface area contributed by atoms with Gasteiger partial charge in [-0.25, -0.2) is 13.4 Å². The van der Waals surface area contributed by atoms with Crippen molar-refractivity contribution in [3.63, 3.8) is 0 Å². The van der Waals surface area contributed by atoms with Crippen molar-refractivity contribution < 1.29 is 18.0 Å². The third-order valence-corrected chi connectivity index (χ3v) is 4.59. The SMILES string of the molecule is Cc1cc(C)c(S(=O)(=O)[O-])c(C)c1.c1ccc2c[nH+]ccc2c1. The Morgan fingerprint density at radius 2 is 1.48 bits per heavy atom. The Balaban J connectivity index is 0.000000172. The molecule has 0 bridgehead atoms. The zero-order chi connectivity index (χ0) is 17.0. The molecule has 0 spiro atoms. The third-order valence-electron chi connectivity index (χ3n) is 3.45. The number of hydrogen-bond acceptors (Lipinski definition) is 3. The summed E-state index contributed by atoms with van der Waals surface area (Å²) in [6.07, 6.45) is 3.93. The van der Waals surface area contributed by atoms with Gasteiger partial charge in [-0.05, 0) is 43.4 Å². The van der Waals surface area contributed by atoms with Gasteiger partial charge < -0.3 is 4.55 Å². The standard InChI is InChI=1S/C9H7N.C9H12O3S/c1-2-4-9-7-10-6-5-8(9)3-1;1-6-4-7(2)9(8(3)5-6)13(10,11)12/h1-7H;4-5H,1-3H3,(H,10,11,12). The van der Waals surface area contributed by atoms with Crippen LogP contribution >= 0.6 is 0 Å². The first-order valence-corrected chi connectivity index (χ1v) is 8.58. The number of rotatable bonds is 1. The second-order valence-corrected chi connectivity index (χ2v) is 6.77. The Labute approximate surface area is 136 Å². The van der Waals surface area contributed by atoms with Crippen LogP contribution in [0.4, 0.5) is 0 Å². The summed E-state index contributed by atoms with van der Waals surface area (Å²) in [7, 11) is -4.33. The number of aromatic amines is 1. The molecule has 0 fully saturated rings. The van der Waals surface area contributed by atoms with Crippen LogP contribution in [0.2, 0.25) is 0 Å². The molecule has 0 radical (unpaired) electrons. The normalized spacial score (nSPS) is 11.0. The van der Waals surface area contributed by atoms with Crippen LogP contribution in [0.25, 0.3) is 10.8 Å². The molecule has 0 aliphatic carbocycles. The van der Waals surface area contributed by atoms with Crippen LogP contribution in [0.5, 0.6) is 0 Å². The fraction of sp³-hybridized carbons (Fsp3) is 0.167. The molecule has 0 aliphatic rings. The molecular formula is C18H19NO3S. The van der Waals surface area contributed by atoms with E-state index in [9.17, 15) is 13.0 Å². The van der Waals surface area contributed by atoms with Crippen LogP contribution in [-0.4, -0.2) is 13.0 Å². The van der Waals surface area contributed by atoms with Crippen LogP contribution < -0.4 is 4.98 Å². The lowest BCUT2D eigenvalue weighted by molar-refractivity contribution is -0.375. The number of aromatic nitrogens is 1. The number of H-pyrrole nitrogens is 1. The Morgan fingerprint density at radius 3 is 2.00 bits per heavy atom. The van der Waals surface area contributed by atoms with Crippen molar-refractivity contribution in [1.29, 1.82) is 0 Å². The average molecular weight is 329 g/mol. The molecule has 0 saturated heterocycles. The van der Waals surface area contributed by atoms with Gasteiger partial charge in [0.25, 0.3) is 0 Å². The van der Waals surface area contributed by atoms with Crippen LogP contribution in [0.3, 0.4) is 0 Å². The second-order valence-electron chi connectivity index (χ2n) is 5.46. The zero-order valence-electron chi connectivity index (χ0n) is 13.3. The monoisotopic (exact) mass is 329 g/mol. The van der Waals surface area contributed by atoms with E-state index in [1.165, 1.54) is 10.8 Å². The number of hydrogen-bond donors (Lipinski definition) is 0. The quantitative estimate of drug-likeness (QED) is 0.644. The van der Waals surface area contributed by atoms with Crippen molar-refractivity contribution in [3.05, 3.63) is 71.5 Å². The lowest BCUT2D eigenvalue weighted by Gasteiger charge is -2.14. The smallest absolute Gasteiger partial charge is 0.174 e. The van der Waals surface area contributed by atoms with Gasteiger partial charge in [0.2, 0.25) is 0 Å². The summed E-state index contributed by atoms with van der Waals surface area (Å²) in [5, 5.41) is 2.53. The van der Waals surface area contributed by atoms with Gasteiger partial charge in [-0.2, -0.15) is 0 Å². The van der Waals surface area contributed by atoms with E-state index in [1.807, 2.05) is 31.5 Å². The second kappa shape index (κ2) is 6.89. The van der Waals surface area contributed by atoms with Crippen molar-refractivity contribution in [2.75, 3.05) is 0 Å². The highest BCUT2D eigenvalue weighted by Gasteiger charge is 2.09. The highest BCUT2D eigenvalue weighted by molar-refractivity contribution is 7.85. The molecule has 0 saturated carbocycles. The minimum Gasteiger partial charge on any atom is -0.744 e. The molecule has 2 aromatic carbocycles. The molecule has 3 rings (SSSR count). The highest BCUT2D eigenvalue weighted by Crippen LogP contribution is 2.20. The molecule has 3 aromatic rings. The van der Waals surface area contributed by atoms with E-state index in [4.69, 9.17) is 0 Å². The molecule has 0 unspecified atom stereocenters. The van der Waals surface area contributed by atoms with E-state index in [0.29, 0.717) is 11.1 Å². The first kappa shape index (κ1) is 17.1. The molecule has 1 heterocycles. The summed E-state index contributed by atoms with van der Waals surface area (Å²) in [6, 6.07) is 13.7. The maximum atomic E-state index is 10.8. The van der Waals surface area contributed by atoms with Gasteiger partial charge in [-0.15, -0.1) is 0 Å². The summed E-state index contributed by atoms with van der Waals surface area (Å²) >= 11 is 0. The van der Waals surface area contributed by atoms with E-state index < -0.39 is 10.1 Å². The first-order valence-electron chi connectivity index (χ1n) is 7.17. The Bertz CT molecular complexity index is 845. The van der Waals surface area contributed by atoms with Crippen LogP contribution in [0, 0.1) is 20.8 Å². The summed E-state index contributed by atoms with van der Waals surface area (Å²) < 4.78 is 32.5. The van der Waals surface area contributed by atoms with Crippen molar-refractivity contribution in [3.8, 4) is 0 Å². The third kappa shape index (κ3) is 4.37. The fourth-order valence-electron chi connectivity index (χ4n) is 2.63. The van der Waals surface area contributed by atoms with E-state index >= 15 is 0 Å². The largest absolute Gasteiger partial charge is 0.744 e. The fourth-order valence-corrected chi connectivity index (χ4v) is 3.54. The van der Waals surface area contributed by atoms with Crippen molar-refractivity contribution in [1.82, 2.24) is 0 Å². The first-order chi connectivity index (χ1) is 10.8. The van der Waals surface area contributed by atoms with Gasteiger partial charge in [0.1, 0.15) is 10.1 Å². The van der Waals surface area contributed by atoms with Gasteiger partial charge in [0.15, 0.2) is 12.4 Å². The predicted molar refractivity (Wildman–Crippen MR) is 89.1 cm³/mol. The van der Waals surface area contributed by atoms with E-state index in [1.54, 1.807) is 26.0 Å². The number of nitrogens with one attached hydrogen (secondary N) is 1. The predicted octanol–water partition coefficient (Wildman–Crippen LogP) is 3.17. The van der Waals surface area contributed by atoms with Crippen LogP contribution in [-0.2, 0) is 10.1 Å². The Morgan fingerprint density at radius 1 is 0.913 bits per heavy atom. The minimum absolute atomic E-state index is 0.0851. The maximum Gasteiger partial charge on any atom is 0.174 e. The molecule has 5 heteroatoms. The summed E-state index contributed by atoms with van der Waals surface area (Å²) in [4.78, 5) is 2.95. The molecule has 1 N–H and O–H groups in total. The van der Waals surface area contributed by atoms with Crippen LogP contribution in [0.15, 0.2) is 59.8 Å². The van der Waals surface area contributed by atoms with Gasteiger partial charge >= 0.3 is 0 Å². The molecule has 1 aromatic heterocycles. The van der Waals surface area contributed by atoms with Gasteiger partial charge in [-0.1, -0.05) is 35.9 Å². The number of benzene rings is 2. The van der Waals surface area contributed by atoms with Crippen LogP contribution in [0.1, 0.15) is 16.7 Å². The minimum atomic E-state index is -4.33. The summed E-state index contributed by atoms with van der Waals surface area (Å²) in [5.41, 5.74) is 2.00. The summed E-state index contributed by atoms with van der Waals surface area (Å²) in [6.45, 7) is 5.12. The Hall–Kier alpha value is -2.24. The molecular weight excluding hydrogens is 310 g/mol. The highest BCUT2D eigenvalue weighted by atomic mass is 32.2. The van der Waals surface area contributed by atoms with Gasteiger partial charge in [-0.3, -0.25) is 0 Å². The average Bonchev–Trinajstić information content (AvgIpc) is 2.45. The Kier molecular flexibility index (Phi) is 5.13. The lowest BCUT2D eigenvalue weighted by atomic mass is 10.1. The van der Waals surface area contributed by atoms with E-state index in [-0.39, 0.29) is 4.90 Å². The molecule has 0 amide bonds. The number of aryl methyl sites for hydroxylation is 3. The van der Waals surface area contributed by atoms with Gasteiger partial charge in [0.05, 0.1) is 4.90 Å². The molecule has 4 nitrogen and oxygen atoms in total. The molecule has 23 heavy (non-hydrogen) atoms.